The van der Waals surface area contributed by atoms with E-state index in [1.54, 1.807) is 7.11 Å². The molecule has 0 aromatic heterocycles. The molecule has 0 amide bonds. The zero-order valence-electron chi connectivity index (χ0n) is 10.1. The minimum Gasteiger partial charge on any atom is -0.496 e. The highest BCUT2D eigenvalue weighted by Crippen LogP contribution is 2.45. The fourth-order valence-electron chi connectivity index (χ4n) is 2.40. The van der Waals surface area contributed by atoms with E-state index in [1.165, 1.54) is 6.42 Å². The molecule has 0 saturated heterocycles. The SMILES string of the molecule is COc1c(C2(N)CCC2)cc(C)c(Cl)c1C. The Bertz CT molecular complexity index is 424. The number of methoxy groups -OCH3 is 1. The first kappa shape index (κ1) is 11.7. The van der Waals surface area contributed by atoms with Gasteiger partial charge >= 0.3 is 0 Å². The van der Waals surface area contributed by atoms with E-state index in [2.05, 4.69) is 6.07 Å². The Kier molecular flexibility index (Phi) is 2.89. The molecule has 16 heavy (non-hydrogen) atoms. The summed E-state index contributed by atoms with van der Waals surface area (Å²) in [5.41, 5.74) is 9.35. The fraction of sp³-hybridized carbons (Fsp3) is 0.538. The van der Waals surface area contributed by atoms with Crippen molar-refractivity contribution >= 4 is 11.6 Å². The first-order valence-electron chi connectivity index (χ1n) is 5.62. The van der Waals surface area contributed by atoms with Crippen LogP contribution in [-0.4, -0.2) is 7.11 Å². The van der Waals surface area contributed by atoms with Crippen LogP contribution in [0, 0.1) is 13.8 Å². The molecule has 1 aliphatic carbocycles. The number of rotatable bonds is 2. The molecule has 2 rings (SSSR count). The molecule has 1 aromatic carbocycles. The van der Waals surface area contributed by atoms with E-state index in [9.17, 15) is 0 Å². The summed E-state index contributed by atoms with van der Waals surface area (Å²) in [6.45, 7) is 4.00. The van der Waals surface area contributed by atoms with Crippen LogP contribution in [0.2, 0.25) is 5.02 Å². The predicted octanol–water partition coefficient (Wildman–Crippen LogP) is 3.30. The second-order valence-electron chi connectivity index (χ2n) is 4.72. The summed E-state index contributed by atoms with van der Waals surface area (Å²) in [6, 6.07) is 2.08. The highest BCUT2D eigenvalue weighted by Gasteiger charge is 2.37. The molecule has 1 aliphatic rings. The second-order valence-corrected chi connectivity index (χ2v) is 5.10. The van der Waals surface area contributed by atoms with E-state index in [-0.39, 0.29) is 5.54 Å². The van der Waals surface area contributed by atoms with Crippen LogP contribution in [0.5, 0.6) is 5.75 Å². The van der Waals surface area contributed by atoms with Crippen molar-refractivity contribution in [2.75, 3.05) is 7.11 Å². The summed E-state index contributed by atoms with van der Waals surface area (Å²) in [7, 11) is 1.68. The average Bonchev–Trinajstić information content (AvgIpc) is 2.22. The minimum absolute atomic E-state index is 0.203. The number of halogens is 1. The Hall–Kier alpha value is -0.730. The molecule has 0 radical (unpaired) electrons. The Morgan fingerprint density at radius 2 is 2.00 bits per heavy atom. The van der Waals surface area contributed by atoms with Crippen LogP contribution in [0.15, 0.2) is 6.07 Å². The zero-order valence-corrected chi connectivity index (χ0v) is 10.8. The fourth-order valence-corrected chi connectivity index (χ4v) is 2.54. The van der Waals surface area contributed by atoms with Gasteiger partial charge in [-0.3, -0.25) is 0 Å². The van der Waals surface area contributed by atoms with Gasteiger partial charge < -0.3 is 10.5 Å². The van der Waals surface area contributed by atoms with Crippen LogP contribution in [0.1, 0.15) is 36.0 Å². The Morgan fingerprint density at radius 3 is 2.44 bits per heavy atom. The summed E-state index contributed by atoms with van der Waals surface area (Å²) in [6.07, 6.45) is 3.26. The van der Waals surface area contributed by atoms with Gasteiger partial charge in [0.15, 0.2) is 0 Å². The van der Waals surface area contributed by atoms with Gasteiger partial charge in [-0.15, -0.1) is 0 Å². The monoisotopic (exact) mass is 239 g/mol. The van der Waals surface area contributed by atoms with Crippen molar-refractivity contribution in [3.63, 3.8) is 0 Å². The molecule has 88 valence electrons. The molecule has 3 heteroatoms. The molecule has 0 spiro atoms. The van der Waals surface area contributed by atoms with Crippen LogP contribution in [0.4, 0.5) is 0 Å². The summed E-state index contributed by atoms with van der Waals surface area (Å²) in [5, 5.41) is 0.781. The lowest BCUT2D eigenvalue weighted by Gasteiger charge is -2.40. The zero-order chi connectivity index (χ0) is 11.9. The normalized spacial score (nSPS) is 18.1. The van der Waals surface area contributed by atoms with Gasteiger partial charge in [-0.2, -0.15) is 0 Å². The van der Waals surface area contributed by atoms with Crippen LogP contribution in [0.3, 0.4) is 0 Å². The van der Waals surface area contributed by atoms with Gasteiger partial charge in [0.05, 0.1) is 12.1 Å². The number of nitrogens with two attached hydrogens (primary N) is 1. The average molecular weight is 240 g/mol. The third-order valence-electron chi connectivity index (χ3n) is 3.61. The molecule has 0 heterocycles. The lowest BCUT2D eigenvalue weighted by atomic mass is 9.71. The van der Waals surface area contributed by atoms with Crippen molar-refractivity contribution in [3.8, 4) is 5.75 Å². The molecule has 2 nitrogen and oxygen atoms in total. The van der Waals surface area contributed by atoms with Crippen LogP contribution in [0.25, 0.3) is 0 Å². The molecule has 1 aromatic rings. The van der Waals surface area contributed by atoms with Gasteiger partial charge in [0.25, 0.3) is 0 Å². The van der Waals surface area contributed by atoms with Crippen LogP contribution >= 0.6 is 11.6 Å². The lowest BCUT2D eigenvalue weighted by molar-refractivity contribution is 0.243. The Labute approximate surface area is 102 Å². The van der Waals surface area contributed by atoms with Crippen LogP contribution in [-0.2, 0) is 5.54 Å². The van der Waals surface area contributed by atoms with Gasteiger partial charge in [-0.1, -0.05) is 11.6 Å². The number of benzene rings is 1. The van der Waals surface area contributed by atoms with Crippen molar-refractivity contribution < 1.29 is 4.74 Å². The maximum atomic E-state index is 6.37. The molecule has 0 bridgehead atoms. The predicted molar refractivity (Wildman–Crippen MR) is 67.2 cm³/mol. The first-order chi connectivity index (χ1) is 7.49. The van der Waals surface area contributed by atoms with Gasteiger partial charge in [0.2, 0.25) is 0 Å². The van der Waals surface area contributed by atoms with Crippen molar-refractivity contribution in [3.05, 3.63) is 27.8 Å². The molecule has 0 atom stereocenters. The molecule has 2 N–H and O–H groups in total. The van der Waals surface area contributed by atoms with E-state index in [1.807, 2.05) is 13.8 Å². The largest absolute Gasteiger partial charge is 0.496 e. The second kappa shape index (κ2) is 3.94. The Balaban J connectivity index is 2.60. The highest BCUT2D eigenvalue weighted by atomic mass is 35.5. The number of hydrogen-bond acceptors (Lipinski definition) is 2. The standard InChI is InChI=1S/C13H18ClNO/c1-8-7-10(13(15)5-4-6-13)12(16-3)9(2)11(8)14/h7H,4-6,15H2,1-3H3. The number of hydrogen-bond donors (Lipinski definition) is 1. The van der Waals surface area contributed by atoms with Gasteiger partial charge in [-0.25, -0.2) is 0 Å². The summed E-state index contributed by atoms with van der Waals surface area (Å²) < 4.78 is 5.47. The molecule has 0 unspecified atom stereocenters. The first-order valence-corrected chi connectivity index (χ1v) is 6.00. The summed E-state index contributed by atoms with van der Waals surface area (Å²) in [4.78, 5) is 0. The van der Waals surface area contributed by atoms with E-state index >= 15 is 0 Å². The number of ether oxygens (including phenoxy) is 1. The molecule has 1 saturated carbocycles. The van der Waals surface area contributed by atoms with Crippen LogP contribution < -0.4 is 10.5 Å². The Morgan fingerprint density at radius 1 is 1.38 bits per heavy atom. The van der Waals surface area contributed by atoms with E-state index in [4.69, 9.17) is 22.1 Å². The summed E-state index contributed by atoms with van der Waals surface area (Å²) in [5.74, 6) is 0.859. The molecular formula is C13H18ClNO. The minimum atomic E-state index is -0.203. The molecular weight excluding hydrogens is 222 g/mol. The summed E-state index contributed by atoms with van der Waals surface area (Å²) >= 11 is 6.22. The number of aryl methyl sites for hydroxylation is 1. The van der Waals surface area contributed by atoms with E-state index in [0.29, 0.717) is 0 Å². The van der Waals surface area contributed by atoms with E-state index in [0.717, 1.165) is 40.3 Å². The van der Waals surface area contributed by atoms with Crippen molar-refractivity contribution in [1.82, 2.24) is 0 Å². The smallest absolute Gasteiger partial charge is 0.128 e. The maximum absolute atomic E-state index is 6.37. The van der Waals surface area contributed by atoms with E-state index < -0.39 is 0 Å². The molecule has 1 fully saturated rings. The van der Waals surface area contributed by atoms with Gasteiger partial charge in [0, 0.05) is 16.7 Å². The topological polar surface area (TPSA) is 35.2 Å². The lowest BCUT2D eigenvalue weighted by Crippen LogP contribution is -2.43. The quantitative estimate of drug-likeness (QED) is 0.860. The maximum Gasteiger partial charge on any atom is 0.128 e. The van der Waals surface area contributed by atoms with Gasteiger partial charge in [0.1, 0.15) is 5.75 Å². The van der Waals surface area contributed by atoms with Crippen molar-refractivity contribution in [2.24, 2.45) is 5.73 Å². The highest BCUT2D eigenvalue weighted by molar-refractivity contribution is 6.32. The van der Waals surface area contributed by atoms with Gasteiger partial charge in [-0.05, 0) is 44.7 Å². The third-order valence-corrected chi connectivity index (χ3v) is 4.19. The molecule has 0 aliphatic heterocycles. The third kappa shape index (κ3) is 1.61. The van der Waals surface area contributed by atoms with Crippen molar-refractivity contribution in [2.45, 2.75) is 38.6 Å². The van der Waals surface area contributed by atoms with Crippen molar-refractivity contribution in [1.29, 1.82) is 0 Å².